The fourth-order valence-corrected chi connectivity index (χ4v) is 4.55. The first-order valence-electron chi connectivity index (χ1n) is 11.3. The van der Waals surface area contributed by atoms with Crippen LogP contribution in [0.3, 0.4) is 0 Å². The number of urea groups is 1. The molecule has 30 heavy (non-hydrogen) atoms. The molecule has 6 heteroatoms. The molecule has 2 amide bonds. The summed E-state index contributed by atoms with van der Waals surface area (Å²) in [5.41, 5.74) is 9.09. The molecule has 1 saturated heterocycles. The quantitative estimate of drug-likeness (QED) is 0.683. The van der Waals surface area contributed by atoms with Crippen LogP contribution in [0, 0.1) is 0 Å². The number of likely N-dealkylation sites (tertiary alicyclic amines) is 1. The van der Waals surface area contributed by atoms with Gasteiger partial charge in [-0.25, -0.2) is 9.78 Å². The lowest BCUT2D eigenvalue weighted by molar-refractivity contribution is 0.228. The zero-order chi connectivity index (χ0) is 20.8. The van der Waals surface area contributed by atoms with Crippen molar-refractivity contribution >= 4 is 11.8 Å². The first-order chi connectivity index (χ1) is 14.7. The van der Waals surface area contributed by atoms with E-state index in [1.165, 1.54) is 24.8 Å². The number of anilines is 1. The highest BCUT2D eigenvalue weighted by Crippen LogP contribution is 2.20. The van der Waals surface area contributed by atoms with Gasteiger partial charge in [-0.2, -0.15) is 0 Å². The van der Waals surface area contributed by atoms with Crippen molar-refractivity contribution in [2.24, 2.45) is 0 Å². The van der Waals surface area contributed by atoms with Crippen LogP contribution in [0.25, 0.3) is 11.3 Å². The van der Waals surface area contributed by atoms with E-state index >= 15 is 0 Å². The number of nitrogens with two attached hydrogens (primary N) is 1. The number of hydrogen-bond acceptors (Lipinski definition) is 4. The highest BCUT2D eigenvalue weighted by Gasteiger charge is 2.24. The van der Waals surface area contributed by atoms with Gasteiger partial charge < -0.3 is 21.3 Å². The predicted molar refractivity (Wildman–Crippen MR) is 121 cm³/mol. The number of carbonyl (C=O) groups is 1. The van der Waals surface area contributed by atoms with Crippen LogP contribution in [0.15, 0.2) is 42.5 Å². The largest absolute Gasteiger partial charge is 0.384 e. The van der Waals surface area contributed by atoms with E-state index in [0.29, 0.717) is 11.9 Å². The van der Waals surface area contributed by atoms with E-state index in [-0.39, 0.29) is 12.1 Å². The highest BCUT2D eigenvalue weighted by molar-refractivity contribution is 5.74. The van der Waals surface area contributed by atoms with Crippen molar-refractivity contribution in [2.75, 3.05) is 25.4 Å². The number of rotatable bonds is 6. The molecule has 1 aliphatic heterocycles. The highest BCUT2D eigenvalue weighted by atomic mass is 16.2. The Morgan fingerprint density at radius 1 is 1.00 bits per heavy atom. The number of aromatic nitrogens is 1. The van der Waals surface area contributed by atoms with Crippen LogP contribution in [-0.2, 0) is 6.42 Å². The van der Waals surface area contributed by atoms with Gasteiger partial charge in [-0.3, -0.25) is 0 Å². The molecule has 1 saturated carbocycles. The Kier molecular flexibility index (Phi) is 6.84. The Bertz CT molecular complexity index is 832. The molecule has 1 atom stereocenters. The lowest BCUT2D eigenvalue weighted by Gasteiger charge is -2.24. The Hall–Kier alpha value is -2.60. The summed E-state index contributed by atoms with van der Waals surface area (Å²) in [6.07, 6.45) is 8.05. The average molecular weight is 408 g/mol. The SMILES string of the molecule is Nc1cccc(-c2ccc(CCN3CCC(NC(=O)NC4CCCCC4)C3)cc2)n1. The van der Waals surface area contributed by atoms with Gasteiger partial charge in [0.2, 0.25) is 0 Å². The smallest absolute Gasteiger partial charge is 0.315 e. The molecule has 1 aromatic carbocycles. The van der Waals surface area contributed by atoms with Crippen LogP contribution in [0.1, 0.15) is 44.1 Å². The third-order valence-electron chi connectivity index (χ3n) is 6.29. The van der Waals surface area contributed by atoms with E-state index in [9.17, 15) is 4.79 Å². The maximum Gasteiger partial charge on any atom is 0.315 e. The molecule has 2 fully saturated rings. The average Bonchev–Trinajstić information content (AvgIpc) is 3.20. The number of carbonyl (C=O) groups excluding carboxylic acids is 1. The van der Waals surface area contributed by atoms with Crippen molar-refractivity contribution in [2.45, 2.75) is 57.0 Å². The Morgan fingerprint density at radius 2 is 1.77 bits per heavy atom. The Balaban J connectivity index is 1.20. The van der Waals surface area contributed by atoms with Crippen molar-refractivity contribution in [1.29, 1.82) is 0 Å². The molecular weight excluding hydrogens is 374 g/mol. The van der Waals surface area contributed by atoms with Crippen molar-refractivity contribution in [3.05, 3.63) is 48.0 Å². The van der Waals surface area contributed by atoms with E-state index in [1.807, 2.05) is 12.1 Å². The van der Waals surface area contributed by atoms with Crippen LogP contribution in [0.2, 0.25) is 0 Å². The number of pyridine rings is 1. The minimum Gasteiger partial charge on any atom is -0.384 e. The van der Waals surface area contributed by atoms with Gasteiger partial charge in [0.1, 0.15) is 5.82 Å². The predicted octanol–water partition coefficient (Wildman–Crippen LogP) is 3.58. The van der Waals surface area contributed by atoms with Crippen LogP contribution in [0.4, 0.5) is 10.6 Å². The van der Waals surface area contributed by atoms with Gasteiger partial charge in [-0.05, 0) is 43.4 Å². The fourth-order valence-electron chi connectivity index (χ4n) is 4.55. The standard InChI is InChI=1S/C24H33N5O/c25-23-8-4-7-22(28-23)19-11-9-18(10-12-19)13-15-29-16-14-21(17-29)27-24(30)26-20-5-2-1-3-6-20/h4,7-12,20-21H,1-3,5-6,13-17H2,(H2,25,28)(H2,26,27,30). The third-order valence-corrected chi connectivity index (χ3v) is 6.29. The summed E-state index contributed by atoms with van der Waals surface area (Å²) < 4.78 is 0. The van der Waals surface area contributed by atoms with Gasteiger partial charge in [0.05, 0.1) is 5.69 Å². The molecule has 0 bridgehead atoms. The summed E-state index contributed by atoms with van der Waals surface area (Å²) in [6.45, 7) is 2.99. The van der Waals surface area contributed by atoms with E-state index in [0.717, 1.165) is 56.6 Å². The molecule has 1 aromatic heterocycles. The number of nitrogen functional groups attached to an aromatic ring is 1. The molecule has 2 aromatic rings. The third kappa shape index (κ3) is 5.72. The molecule has 160 valence electrons. The molecule has 6 nitrogen and oxygen atoms in total. The van der Waals surface area contributed by atoms with Gasteiger partial charge >= 0.3 is 6.03 Å². The number of amides is 2. The van der Waals surface area contributed by atoms with Crippen LogP contribution in [0.5, 0.6) is 0 Å². The van der Waals surface area contributed by atoms with Crippen molar-refractivity contribution in [3.63, 3.8) is 0 Å². The zero-order valence-corrected chi connectivity index (χ0v) is 17.6. The van der Waals surface area contributed by atoms with Gasteiger partial charge in [-0.1, -0.05) is 49.6 Å². The monoisotopic (exact) mass is 407 g/mol. The second kappa shape index (κ2) is 9.94. The Labute approximate surface area is 179 Å². The van der Waals surface area contributed by atoms with E-state index in [4.69, 9.17) is 5.73 Å². The van der Waals surface area contributed by atoms with Crippen molar-refractivity contribution < 1.29 is 4.79 Å². The Morgan fingerprint density at radius 3 is 2.53 bits per heavy atom. The summed E-state index contributed by atoms with van der Waals surface area (Å²) >= 11 is 0. The number of nitrogens with zero attached hydrogens (tertiary/aromatic N) is 2. The van der Waals surface area contributed by atoms with Gasteiger partial charge in [0, 0.05) is 37.3 Å². The van der Waals surface area contributed by atoms with Crippen molar-refractivity contribution in [3.8, 4) is 11.3 Å². The van der Waals surface area contributed by atoms with Crippen molar-refractivity contribution in [1.82, 2.24) is 20.5 Å². The molecule has 4 rings (SSSR count). The normalized spacial score (nSPS) is 20.2. The van der Waals surface area contributed by atoms with Crippen LogP contribution >= 0.6 is 0 Å². The molecular formula is C24H33N5O. The van der Waals surface area contributed by atoms with Gasteiger partial charge in [0.15, 0.2) is 0 Å². The number of hydrogen-bond donors (Lipinski definition) is 3. The minimum absolute atomic E-state index is 0.0134. The maximum absolute atomic E-state index is 12.3. The topological polar surface area (TPSA) is 83.3 Å². The number of nitrogens with one attached hydrogen (secondary N) is 2. The number of benzene rings is 1. The zero-order valence-electron chi connectivity index (χ0n) is 17.6. The summed E-state index contributed by atoms with van der Waals surface area (Å²) in [5, 5.41) is 6.33. The first kappa shape index (κ1) is 20.7. The first-order valence-corrected chi connectivity index (χ1v) is 11.3. The van der Waals surface area contributed by atoms with Crippen LogP contribution < -0.4 is 16.4 Å². The lowest BCUT2D eigenvalue weighted by Crippen LogP contribution is -2.47. The maximum atomic E-state index is 12.3. The summed E-state index contributed by atoms with van der Waals surface area (Å²) in [7, 11) is 0. The fraction of sp³-hybridized carbons (Fsp3) is 0.500. The minimum atomic E-state index is 0.0134. The van der Waals surface area contributed by atoms with Gasteiger partial charge in [0.25, 0.3) is 0 Å². The molecule has 0 spiro atoms. The van der Waals surface area contributed by atoms with Gasteiger partial charge in [-0.15, -0.1) is 0 Å². The second-order valence-corrected chi connectivity index (χ2v) is 8.63. The van der Waals surface area contributed by atoms with E-state index < -0.39 is 0 Å². The molecule has 2 aliphatic rings. The molecule has 4 N–H and O–H groups in total. The lowest BCUT2D eigenvalue weighted by atomic mass is 9.96. The van der Waals surface area contributed by atoms with E-state index in [1.54, 1.807) is 6.07 Å². The molecule has 1 unspecified atom stereocenters. The summed E-state index contributed by atoms with van der Waals surface area (Å²) in [4.78, 5) is 19.1. The second-order valence-electron chi connectivity index (χ2n) is 8.63. The van der Waals surface area contributed by atoms with Crippen LogP contribution in [-0.4, -0.2) is 47.6 Å². The molecule has 2 heterocycles. The van der Waals surface area contributed by atoms with E-state index in [2.05, 4.69) is 44.8 Å². The summed E-state index contributed by atoms with van der Waals surface area (Å²) in [5.74, 6) is 0.543. The molecule has 0 radical (unpaired) electrons. The molecule has 1 aliphatic carbocycles. The summed E-state index contributed by atoms with van der Waals surface area (Å²) in [6, 6.07) is 14.9.